The van der Waals surface area contributed by atoms with Gasteiger partial charge < -0.3 is 11.1 Å². The van der Waals surface area contributed by atoms with Crippen LogP contribution in [0.25, 0.3) is 0 Å². The minimum absolute atomic E-state index is 0.497. The number of hydrogen-bond donors (Lipinski definition) is 2. The number of nitrogens with two attached hydrogens (primary N) is 1. The Hall–Kier alpha value is -0.740. The van der Waals surface area contributed by atoms with Crippen LogP contribution in [-0.2, 0) is 0 Å². The molecule has 0 heterocycles. The third-order valence-corrected chi connectivity index (χ3v) is 5.44. The molecule has 21 heavy (non-hydrogen) atoms. The van der Waals surface area contributed by atoms with E-state index in [0.29, 0.717) is 11.0 Å². The molecule has 0 spiro atoms. The number of nitrogens with one attached hydrogen (secondary N) is 1. The molecule has 4 heteroatoms. The Bertz CT molecular complexity index is 488. The summed E-state index contributed by atoms with van der Waals surface area (Å²) in [5, 5.41) is 3.71. The smallest absolute Gasteiger partial charge is 0.107 e. The van der Waals surface area contributed by atoms with Crippen molar-refractivity contribution in [1.82, 2.24) is 0 Å². The summed E-state index contributed by atoms with van der Waals surface area (Å²) >= 11 is 7.09. The largest absolute Gasteiger partial charge is 0.389 e. The van der Waals surface area contributed by atoms with Crippen LogP contribution in [0.15, 0.2) is 23.1 Å². The van der Waals surface area contributed by atoms with Crippen LogP contribution in [0.1, 0.15) is 51.5 Å². The molecule has 0 saturated heterocycles. The summed E-state index contributed by atoms with van der Waals surface area (Å²) in [7, 11) is 0. The Kier molecular flexibility index (Phi) is 6.37. The average molecular weight is 323 g/mol. The van der Waals surface area contributed by atoms with Crippen LogP contribution in [-0.4, -0.2) is 16.8 Å². The zero-order chi connectivity index (χ0) is 15.2. The molecule has 2 unspecified atom stereocenters. The summed E-state index contributed by atoms with van der Waals surface area (Å²) in [6.45, 7) is 4.45. The van der Waals surface area contributed by atoms with Crippen LogP contribution in [0.4, 0.5) is 5.69 Å². The van der Waals surface area contributed by atoms with Gasteiger partial charge in [-0.05, 0) is 36.6 Å². The van der Waals surface area contributed by atoms with E-state index < -0.39 is 0 Å². The van der Waals surface area contributed by atoms with Crippen molar-refractivity contribution in [1.29, 1.82) is 0 Å². The highest BCUT2D eigenvalue weighted by Crippen LogP contribution is 2.32. The average Bonchev–Trinajstić information content (AvgIpc) is 2.47. The summed E-state index contributed by atoms with van der Waals surface area (Å²) in [5.41, 5.74) is 8.12. The zero-order valence-electron chi connectivity index (χ0n) is 13.0. The van der Waals surface area contributed by atoms with Gasteiger partial charge in [-0.1, -0.05) is 51.4 Å². The molecule has 3 N–H and O–H groups in total. The molecule has 1 fully saturated rings. The topological polar surface area (TPSA) is 38.0 Å². The lowest BCUT2D eigenvalue weighted by atomic mass is 9.84. The van der Waals surface area contributed by atoms with Crippen molar-refractivity contribution >= 4 is 34.7 Å². The first kappa shape index (κ1) is 16.6. The van der Waals surface area contributed by atoms with E-state index in [2.05, 4.69) is 37.4 Å². The maximum atomic E-state index is 5.98. The summed E-state index contributed by atoms with van der Waals surface area (Å²) in [6.07, 6.45) is 6.49. The van der Waals surface area contributed by atoms with Crippen molar-refractivity contribution in [3.63, 3.8) is 0 Å². The van der Waals surface area contributed by atoms with Gasteiger partial charge in [-0.15, -0.1) is 11.8 Å². The standard InChI is InChI=1S/C17H26N2S2/c1-3-12-7-5-8-13(11-12)19-14-9-6-10-15(21-4-2)16(14)17(18)20/h6,9-10,12-13,19H,3-5,7-8,11H2,1-2H3,(H2,18,20). The van der Waals surface area contributed by atoms with E-state index >= 15 is 0 Å². The molecule has 0 aromatic heterocycles. The Balaban J connectivity index is 2.19. The third-order valence-electron chi connectivity index (χ3n) is 4.29. The van der Waals surface area contributed by atoms with E-state index in [0.717, 1.165) is 22.9 Å². The van der Waals surface area contributed by atoms with Crippen LogP contribution in [0, 0.1) is 5.92 Å². The van der Waals surface area contributed by atoms with E-state index in [4.69, 9.17) is 18.0 Å². The number of hydrogen-bond acceptors (Lipinski definition) is 3. The highest BCUT2D eigenvalue weighted by atomic mass is 32.2. The fourth-order valence-electron chi connectivity index (χ4n) is 3.19. The van der Waals surface area contributed by atoms with Crippen LogP contribution in [0.3, 0.4) is 0 Å². The van der Waals surface area contributed by atoms with Gasteiger partial charge in [0, 0.05) is 22.2 Å². The molecule has 116 valence electrons. The maximum absolute atomic E-state index is 5.98. The quantitative estimate of drug-likeness (QED) is 0.582. The molecule has 2 nitrogen and oxygen atoms in total. The number of rotatable bonds is 6. The monoisotopic (exact) mass is 322 g/mol. The van der Waals surface area contributed by atoms with Gasteiger partial charge in [0.25, 0.3) is 0 Å². The SMILES string of the molecule is CCSc1cccc(NC2CCCC(CC)C2)c1C(N)=S. The van der Waals surface area contributed by atoms with E-state index in [1.165, 1.54) is 37.0 Å². The second kappa shape index (κ2) is 8.04. The van der Waals surface area contributed by atoms with E-state index in [1.54, 1.807) is 11.8 Å². The van der Waals surface area contributed by atoms with Crippen LogP contribution < -0.4 is 11.1 Å². The van der Waals surface area contributed by atoms with Crippen molar-refractivity contribution in [2.45, 2.75) is 56.9 Å². The van der Waals surface area contributed by atoms with Crippen LogP contribution in [0.5, 0.6) is 0 Å². The van der Waals surface area contributed by atoms with E-state index in [-0.39, 0.29) is 0 Å². The number of thioether (sulfide) groups is 1. The second-order valence-corrected chi connectivity index (χ2v) is 7.50. The molecule has 0 radical (unpaired) electrons. The van der Waals surface area contributed by atoms with Crippen molar-refractivity contribution in [2.75, 3.05) is 11.1 Å². The van der Waals surface area contributed by atoms with Gasteiger partial charge in [-0.3, -0.25) is 0 Å². The van der Waals surface area contributed by atoms with Gasteiger partial charge in [0.15, 0.2) is 0 Å². The van der Waals surface area contributed by atoms with Crippen LogP contribution >= 0.6 is 24.0 Å². The van der Waals surface area contributed by atoms with Crippen LogP contribution in [0.2, 0.25) is 0 Å². The van der Waals surface area contributed by atoms with Gasteiger partial charge in [0.1, 0.15) is 4.99 Å². The third kappa shape index (κ3) is 4.36. The van der Waals surface area contributed by atoms with Gasteiger partial charge in [-0.25, -0.2) is 0 Å². The lowest BCUT2D eigenvalue weighted by Crippen LogP contribution is -2.28. The Morgan fingerprint density at radius 2 is 2.19 bits per heavy atom. The lowest BCUT2D eigenvalue weighted by Gasteiger charge is -2.30. The maximum Gasteiger partial charge on any atom is 0.107 e. The van der Waals surface area contributed by atoms with Crippen molar-refractivity contribution in [3.05, 3.63) is 23.8 Å². The fraction of sp³-hybridized carbons (Fsp3) is 0.588. The molecule has 0 aliphatic heterocycles. The normalized spacial score (nSPS) is 22.0. The molecular weight excluding hydrogens is 296 g/mol. The number of benzene rings is 1. The number of thiocarbonyl (C=S) groups is 1. The van der Waals surface area contributed by atoms with Gasteiger partial charge in [0.05, 0.1) is 0 Å². The fourth-order valence-corrected chi connectivity index (χ4v) is 4.33. The highest BCUT2D eigenvalue weighted by Gasteiger charge is 2.22. The Morgan fingerprint density at radius 1 is 1.38 bits per heavy atom. The predicted molar refractivity (Wildman–Crippen MR) is 98.4 cm³/mol. The molecule has 2 rings (SSSR count). The minimum Gasteiger partial charge on any atom is -0.389 e. The molecule has 0 amide bonds. The Labute approximate surface area is 138 Å². The second-order valence-electron chi connectivity index (χ2n) is 5.76. The first-order valence-electron chi connectivity index (χ1n) is 7.97. The van der Waals surface area contributed by atoms with Gasteiger partial charge >= 0.3 is 0 Å². The zero-order valence-corrected chi connectivity index (χ0v) is 14.7. The summed E-state index contributed by atoms with van der Waals surface area (Å²) in [6, 6.07) is 6.88. The lowest BCUT2D eigenvalue weighted by molar-refractivity contribution is 0.327. The molecule has 1 aliphatic rings. The molecular formula is C17H26N2S2. The molecule has 0 bridgehead atoms. The minimum atomic E-state index is 0.497. The Morgan fingerprint density at radius 3 is 2.86 bits per heavy atom. The molecule has 1 saturated carbocycles. The van der Waals surface area contributed by atoms with E-state index in [1.807, 2.05) is 0 Å². The predicted octanol–water partition coefficient (Wildman–Crippen LogP) is 4.81. The summed E-state index contributed by atoms with van der Waals surface area (Å²) in [5.74, 6) is 1.89. The van der Waals surface area contributed by atoms with Gasteiger partial charge in [0.2, 0.25) is 0 Å². The molecule has 2 atom stereocenters. The molecule has 1 aliphatic carbocycles. The van der Waals surface area contributed by atoms with Crippen molar-refractivity contribution in [3.8, 4) is 0 Å². The summed E-state index contributed by atoms with van der Waals surface area (Å²) < 4.78 is 0. The van der Waals surface area contributed by atoms with Crippen molar-refractivity contribution < 1.29 is 0 Å². The van der Waals surface area contributed by atoms with Gasteiger partial charge in [-0.2, -0.15) is 0 Å². The molecule has 1 aromatic carbocycles. The summed E-state index contributed by atoms with van der Waals surface area (Å²) in [4.78, 5) is 1.69. The number of anilines is 1. The highest BCUT2D eigenvalue weighted by molar-refractivity contribution is 7.99. The first-order chi connectivity index (χ1) is 10.2. The van der Waals surface area contributed by atoms with Crippen molar-refractivity contribution in [2.24, 2.45) is 11.7 Å². The molecule has 1 aromatic rings. The first-order valence-corrected chi connectivity index (χ1v) is 9.37. The van der Waals surface area contributed by atoms with E-state index in [9.17, 15) is 0 Å².